The predicted molar refractivity (Wildman–Crippen MR) is 194 cm³/mol. The Morgan fingerprint density at radius 1 is 1.06 bits per heavy atom. The van der Waals surface area contributed by atoms with Crippen molar-refractivity contribution in [1.29, 1.82) is 0 Å². The molecule has 3 aromatic carbocycles. The highest BCUT2D eigenvalue weighted by Gasteiger charge is 2.32. The number of hydrogen-bond acceptors (Lipinski definition) is 8. The molecule has 4 atom stereocenters. The number of amides is 3. The highest BCUT2D eigenvalue weighted by atomic mass is 32.2. The summed E-state index contributed by atoms with van der Waals surface area (Å²) in [4.78, 5) is 30.3. The van der Waals surface area contributed by atoms with Gasteiger partial charge in [-0.25, -0.2) is 13.2 Å². The third kappa shape index (κ3) is 11.2. The van der Waals surface area contributed by atoms with Gasteiger partial charge in [0.1, 0.15) is 11.5 Å². The van der Waals surface area contributed by atoms with Gasteiger partial charge in [-0.3, -0.25) is 9.52 Å². The van der Waals surface area contributed by atoms with Crippen LogP contribution >= 0.6 is 0 Å². The van der Waals surface area contributed by atoms with Gasteiger partial charge in [-0.15, -0.1) is 0 Å². The van der Waals surface area contributed by atoms with Crippen molar-refractivity contribution in [3.8, 4) is 11.5 Å². The number of methoxy groups -OCH3 is 1. The van der Waals surface area contributed by atoms with Crippen molar-refractivity contribution in [2.75, 3.05) is 50.5 Å². The normalized spacial score (nSPS) is 19.6. The van der Waals surface area contributed by atoms with E-state index in [1.54, 1.807) is 13.0 Å². The summed E-state index contributed by atoms with van der Waals surface area (Å²) in [5, 5.41) is 12.8. The van der Waals surface area contributed by atoms with Crippen molar-refractivity contribution in [2.24, 2.45) is 5.92 Å². The van der Waals surface area contributed by atoms with Crippen molar-refractivity contribution >= 4 is 33.3 Å². The van der Waals surface area contributed by atoms with E-state index in [4.69, 9.17) is 14.2 Å². The molecular weight excluding hydrogens is 717 g/mol. The van der Waals surface area contributed by atoms with E-state index in [1.807, 2.05) is 13.8 Å². The summed E-state index contributed by atoms with van der Waals surface area (Å²) in [6.07, 6.45) is -3.39. The number of benzene rings is 3. The molecule has 1 heterocycles. The number of sulfonamides is 1. The number of anilines is 2. The van der Waals surface area contributed by atoms with Crippen molar-refractivity contribution in [1.82, 2.24) is 9.80 Å². The van der Waals surface area contributed by atoms with Crippen LogP contribution in [0.1, 0.15) is 56.0 Å². The Balaban J connectivity index is 1.59. The summed E-state index contributed by atoms with van der Waals surface area (Å²) in [6, 6.07) is 13.2. The van der Waals surface area contributed by atoms with Gasteiger partial charge in [0.05, 0.1) is 48.0 Å². The fraction of sp³-hybridized carbons (Fsp3) is 0.459. The van der Waals surface area contributed by atoms with Gasteiger partial charge in [-0.1, -0.05) is 6.92 Å². The maximum Gasteiger partial charge on any atom is 0.416 e. The molecular formula is C37H47F3N4O8S. The van der Waals surface area contributed by atoms with Crippen LogP contribution in [-0.2, 0) is 20.9 Å². The summed E-state index contributed by atoms with van der Waals surface area (Å²) < 4.78 is 85.7. The minimum Gasteiger partial charge on any atom is -0.497 e. The van der Waals surface area contributed by atoms with E-state index in [9.17, 15) is 36.3 Å². The molecule has 3 aromatic rings. The third-order valence-corrected chi connectivity index (χ3v) is 10.3. The highest BCUT2D eigenvalue weighted by Crippen LogP contribution is 2.31. The highest BCUT2D eigenvalue weighted by molar-refractivity contribution is 7.92. The fourth-order valence-corrected chi connectivity index (χ4v) is 6.78. The summed E-state index contributed by atoms with van der Waals surface area (Å²) in [7, 11) is -1.05. The number of alkyl halides is 3. The van der Waals surface area contributed by atoms with Gasteiger partial charge < -0.3 is 34.4 Å². The number of nitrogens with zero attached hydrogens (tertiary/aromatic N) is 2. The van der Waals surface area contributed by atoms with E-state index in [0.717, 1.165) is 18.6 Å². The van der Waals surface area contributed by atoms with E-state index in [2.05, 4.69) is 10.0 Å². The first-order valence-corrected chi connectivity index (χ1v) is 18.7. The molecule has 0 unspecified atom stereocenters. The van der Waals surface area contributed by atoms with E-state index < -0.39 is 51.8 Å². The van der Waals surface area contributed by atoms with Crippen LogP contribution in [-0.4, -0.2) is 94.0 Å². The predicted octanol–water partition coefficient (Wildman–Crippen LogP) is 6.47. The number of aliphatic hydroxyl groups excluding tert-OH is 1. The van der Waals surface area contributed by atoms with Crippen LogP contribution in [0, 0.1) is 5.92 Å². The van der Waals surface area contributed by atoms with Crippen molar-refractivity contribution in [2.45, 2.75) is 69.4 Å². The van der Waals surface area contributed by atoms with E-state index in [0.29, 0.717) is 25.2 Å². The lowest BCUT2D eigenvalue weighted by Crippen LogP contribution is -2.48. The Morgan fingerprint density at radius 2 is 1.72 bits per heavy atom. The standard InChI is InChI=1S/C37H47F3N4O8S/c1-24-21-44(25(2)23-45)35(46)32-20-29(42-53(48,49)31-16-14-30(50-5)15-17-31)13-18-33(32)52-26(3)8-6-7-19-51-34(24)22-43(4)36(47)41-28-11-9-27(10-12-28)37(38,39)40/h9-18,20,24-26,34,42,45H,6-8,19,21-23H2,1-5H3,(H,41,47)/t24-,25+,26-,34+/m0/s1. The Kier molecular flexibility index (Phi) is 14.0. The largest absolute Gasteiger partial charge is 0.497 e. The van der Waals surface area contributed by atoms with Gasteiger partial charge >= 0.3 is 12.2 Å². The molecule has 16 heteroatoms. The number of halogens is 3. The van der Waals surface area contributed by atoms with Crippen molar-refractivity contribution in [3.63, 3.8) is 0 Å². The monoisotopic (exact) mass is 764 g/mol. The van der Waals surface area contributed by atoms with Crippen molar-refractivity contribution < 1.29 is 50.5 Å². The first-order chi connectivity index (χ1) is 25.0. The number of urea groups is 1. The lowest BCUT2D eigenvalue weighted by Gasteiger charge is -2.35. The zero-order valence-corrected chi connectivity index (χ0v) is 31.2. The Morgan fingerprint density at radius 3 is 2.34 bits per heavy atom. The molecule has 0 spiro atoms. The maximum absolute atomic E-state index is 14.4. The topological polar surface area (TPSA) is 147 Å². The van der Waals surface area contributed by atoms with Crippen molar-refractivity contribution in [3.05, 3.63) is 77.9 Å². The molecule has 0 aromatic heterocycles. The number of aliphatic hydroxyl groups is 1. The van der Waals surface area contributed by atoms with Crippen LogP contribution in [0.25, 0.3) is 0 Å². The number of hydrogen-bond donors (Lipinski definition) is 3. The summed E-state index contributed by atoms with van der Waals surface area (Å²) in [5.41, 5.74) is -0.445. The lowest BCUT2D eigenvalue weighted by molar-refractivity contribution is -0.137. The number of carbonyl (C=O) groups is 2. The summed E-state index contributed by atoms with van der Waals surface area (Å²) >= 11 is 0. The molecule has 4 rings (SSSR count). The minimum absolute atomic E-state index is 0.0111. The van der Waals surface area contributed by atoms with Gasteiger partial charge in [0.25, 0.3) is 15.9 Å². The molecule has 12 nitrogen and oxygen atoms in total. The SMILES string of the molecule is COc1ccc(S(=O)(=O)Nc2ccc3c(c2)C(=O)N([C@H](C)CO)C[C@H](C)[C@@H](CN(C)C(=O)Nc2ccc(C(F)(F)F)cc2)OCCCC[C@H](C)O3)cc1. The van der Waals surface area contributed by atoms with Crippen LogP contribution in [0.5, 0.6) is 11.5 Å². The zero-order chi connectivity index (χ0) is 38.9. The zero-order valence-electron chi connectivity index (χ0n) is 30.4. The Bertz CT molecular complexity index is 1790. The molecule has 3 amide bonds. The molecule has 0 saturated heterocycles. The van der Waals surface area contributed by atoms with Crippen LogP contribution in [0.3, 0.4) is 0 Å². The fourth-order valence-electron chi connectivity index (χ4n) is 5.73. The second kappa shape index (κ2) is 18.0. The molecule has 0 saturated carbocycles. The first kappa shape index (κ1) is 41.2. The molecule has 1 aliphatic rings. The third-order valence-electron chi connectivity index (χ3n) is 8.94. The second-order valence-electron chi connectivity index (χ2n) is 13.2. The van der Waals surface area contributed by atoms with Gasteiger partial charge in [0.2, 0.25) is 0 Å². The molecule has 53 heavy (non-hydrogen) atoms. The van der Waals surface area contributed by atoms with E-state index in [-0.39, 0.29) is 53.4 Å². The molecule has 0 fully saturated rings. The number of rotatable bonds is 9. The minimum atomic E-state index is -4.51. The lowest BCUT2D eigenvalue weighted by atomic mass is 10.0. The summed E-state index contributed by atoms with van der Waals surface area (Å²) in [6.45, 7) is 5.52. The molecule has 0 aliphatic carbocycles. The van der Waals surface area contributed by atoms with Crippen LogP contribution < -0.4 is 19.5 Å². The van der Waals surface area contributed by atoms with Gasteiger partial charge in [0.15, 0.2) is 0 Å². The Hall–Kier alpha value is -4.54. The first-order valence-electron chi connectivity index (χ1n) is 17.2. The van der Waals surface area contributed by atoms with E-state index >= 15 is 0 Å². The number of fused-ring (bicyclic) bond motifs is 1. The molecule has 290 valence electrons. The smallest absolute Gasteiger partial charge is 0.416 e. The molecule has 0 radical (unpaired) electrons. The molecule has 3 N–H and O–H groups in total. The Labute approximate surface area is 308 Å². The average Bonchev–Trinajstić information content (AvgIpc) is 3.12. The van der Waals surface area contributed by atoms with Gasteiger partial charge in [-0.05, 0) is 99.8 Å². The molecule has 1 aliphatic heterocycles. The van der Waals surface area contributed by atoms with Crippen LogP contribution in [0.15, 0.2) is 71.6 Å². The van der Waals surface area contributed by atoms with Gasteiger partial charge in [0, 0.05) is 44.0 Å². The number of ether oxygens (including phenoxy) is 3. The maximum atomic E-state index is 14.4. The second-order valence-corrected chi connectivity index (χ2v) is 14.9. The van der Waals surface area contributed by atoms with E-state index in [1.165, 1.54) is 72.5 Å². The van der Waals surface area contributed by atoms with Gasteiger partial charge in [-0.2, -0.15) is 13.2 Å². The van der Waals surface area contributed by atoms with Crippen LogP contribution in [0.2, 0.25) is 0 Å². The van der Waals surface area contributed by atoms with Crippen LogP contribution in [0.4, 0.5) is 29.3 Å². The number of nitrogens with one attached hydrogen (secondary N) is 2. The summed E-state index contributed by atoms with van der Waals surface area (Å²) in [5.74, 6) is -0.171. The number of likely N-dealkylation sites (N-methyl/N-ethyl adjacent to an activating group) is 1. The quantitative estimate of drug-likeness (QED) is 0.225. The average molecular weight is 765 g/mol. The molecule has 0 bridgehead atoms. The number of carbonyl (C=O) groups excluding carboxylic acids is 2.